The summed E-state index contributed by atoms with van der Waals surface area (Å²) >= 11 is 0. The minimum absolute atomic E-state index is 0.223. The van der Waals surface area contributed by atoms with E-state index in [1.54, 1.807) is 0 Å². The SMILES string of the molecule is CCc1[nH]nc(C(=O)NC(C)c2c(C)noc2C)c1N. The number of carbonyl (C=O) groups excluding carboxylic acids is 1. The minimum Gasteiger partial charge on any atom is -0.395 e. The zero-order valence-electron chi connectivity index (χ0n) is 12.1. The Balaban J connectivity index is 2.17. The van der Waals surface area contributed by atoms with E-state index in [0.29, 0.717) is 17.9 Å². The normalized spacial score (nSPS) is 12.4. The first-order valence-corrected chi connectivity index (χ1v) is 6.52. The third kappa shape index (κ3) is 2.38. The summed E-state index contributed by atoms with van der Waals surface area (Å²) in [6, 6.07) is -0.227. The molecule has 20 heavy (non-hydrogen) atoms. The molecule has 0 aromatic carbocycles. The molecular formula is C13H19N5O2. The number of aromatic nitrogens is 3. The van der Waals surface area contributed by atoms with Crippen LogP contribution >= 0.6 is 0 Å². The predicted octanol–water partition coefficient (Wildman–Crippen LogP) is 1.65. The molecule has 0 radical (unpaired) electrons. The second kappa shape index (κ2) is 5.36. The van der Waals surface area contributed by atoms with Crippen LogP contribution in [0.25, 0.3) is 0 Å². The van der Waals surface area contributed by atoms with Crippen LogP contribution in [-0.2, 0) is 6.42 Å². The van der Waals surface area contributed by atoms with Crippen molar-refractivity contribution >= 4 is 11.6 Å². The molecule has 4 N–H and O–H groups in total. The van der Waals surface area contributed by atoms with Crippen LogP contribution in [-0.4, -0.2) is 21.3 Å². The quantitative estimate of drug-likeness (QED) is 0.787. The molecule has 7 heteroatoms. The third-order valence-electron chi connectivity index (χ3n) is 3.32. The van der Waals surface area contributed by atoms with Gasteiger partial charge in [0.2, 0.25) is 0 Å². The van der Waals surface area contributed by atoms with Crippen molar-refractivity contribution in [1.29, 1.82) is 0 Å². The van der Waals surface area contributed by atoms with Crippen LogP contribution < -0.4 is 11.1 Å². The molecule has 1 amide bonds. The molecule has 2 heterocycles. The number of amides is 1. The van der Waals surface area contributed by atoms with Crippen molar-refractivity contribution in [3.8, 4) is 0 Å². The number of H-pyrrole nitrogens is 1. The topological polar surface area (TPSA) is 110 Å². The summed E-state index contributed by atoms with van der Waals surface area (Å²) in [5, 5.41) is 13.5. The summed E-state index contributed by atoms with van der Waals surface area (Å²) in [5.41, 5.74) is 8.91. The number of anilines is 1. The van der Waals surface area contributed by atoms with Gasteiger partial charge in [0, 0.05) is 5.56 Å². The number of hydrogen-bond acceptors (Lipinski definition) is 5. The molecule has 0 aliphatic carbocycles. The van der Waals surface area contributed by atoms with Gasteiger partial charge in [0.1, 0.15) is 5.76 Å². The van der Waals surface area contributed by atoms with E-state index in [9.17, 15) is 4.79 Å². The smallest absolute Gasteiger partial charge is 0.274 e. The molecule has 2 rings (SSSR count). The van der Waals surface area contributed by atoms with Crippen molar-refractivity contribution in [2.24, 2.45) is 0 Å². The summed E-state index contributed by atoms with van der Waals surface area (Å²) in [6.45, 7) is 7.47. The van der Waals surface area contributed by atoms with Crippen molar-refractivity contribution in [3.05, 3.63) is 28.4 Å². The van der Waals surface area contributed by atoms with Gasteiger partial charge in [-0.2, -0.15) is 5.10 Å². The van der Waals surface area contributed by atoms with Gasteiger partial charge in [-0.25, -0.2) is 0 Å². The molecule has 0 aliphatic rings. The maximum Gasteiger partial charge on any atom is 0.274 e. The van der Waals surface area contributed by atoms with Crippen LogP contribution in [0, 0.1) is 13.8 Å². The average molecular weight is 277 g/mol. The maximum atomic E-state index is 12.2. The molecule has 0 spiro atoms. The molecule has 2 aromatic rings. The first-order chi connectivity index (χ1) is 9.45. The van der Waals surface area contributed by atoms with Crippen LogP contribution in [0.15, 0.2) is 4.52 Å². The first kappa shape index (κ1) is 14.1. The van der Waals surface area contributed by atoms with E-state index < -0.39 is 0 Å². The number of rotatable bonds is 4. The maximum absolute atomic E-state index is 12.2. The predicted molar refractivity (Wildman–Crippen MR) is 74.2 cm³/mol. The lowest BCUT2D eigenvalue weighted by molar-refractivity contribution is 0.0935. The van der Waals surface area contributed by atoms with E-state index in [1.807, 2.05) is 27.7 Å². The fraction of sp³-hybridized carbons (Fsp3) is 0.462. The number of nitrogens with zero attached hydrogens (tertiary/aromatic N) is 2. The summed E-state index contributed by atoms with van der Waals surface area (Å²) in [5.74, 6) is 0.380. The lowest BCUT2D eigenvalue weighted by Gasteiger charge is -2.12. The van der Waals surface area contributed by atoms with Crippen molar-refractivity contribution in [2.75, 3.05) is 5.73 Å². The van der Waals surface area contributed by atoms with Gasteiger partial charge in [0.05, 0.1) is 23.1 Å². The number of aromatic amines is 1. The van der Waals surface area contributed by atoms with Gasteiger partial charge in [0.15, 0.2) is 5.69 Å². The fourth-order valence-corrected chi connectivity index (χ4v) is 2.27. The Morgan fingerprint density at radius 1 is 1.50 bits per heavy atom. The Labute approximate surface area is 116 Å². The molecule has 1 unspecified atom stereocenters. The Hall–Kier alpha value is -2.31. The largest absolute Gasteiger partial charge is 0.395 e. The highest BCUT2D eigenvalue weighted by molar-refractivity contribution is 5.97. The van der Waals surface area contributed by atoms with Gasteiger partial charge in [-0.3, -0.25) is 9.89 Å². The first-order valence-electron chi connectivity index (χ1n) is 6.52. The van der Waals surface area contributed by atoms with Crippen LogP contribution in [0.4, 0.5) is 5.69 Å². The van der Waals surface area contributed by atoms with E-state index in [4.69, 9.17) is 10.3 Å². The molecule has 0 saturated heterocycles. The van der Waals surface area contributed by atoms with Gasteiger partial charge in [-0.15, -0.1) is 0 Å². The van der Waals surface area contributed by atoms with Crippen LogP contribution in [0.3, 0.4) is 0 Å². The molecule has 2 aromatic heterocycles. The van der Waals surface area contributed by atoms with Gasteiger partial charge < -0.3 is 15.6 Å². The number of hydrogen-bond donors (Lipinski definition) is 3. The second-order valence-electron chi connectivity index (χ2n) is 4.75. The molecule has 1 atom stereocenters. The van der Waals surface area contributed by atoms with E-state index in [-0.39, 0.29) is 17.6 Å². The zero-order chi connectivity index (χ0) is 14.9. The molecule has 7 nitrogen and oxygen atoms in total. The number of nitrogens with two attached hydrogens (primary N) is 1. The third-order valence-corrected chi connectivity index (χ3v) is 3.32. The van der Waals surface area contributed by atoms with Crippen molar-refractivity contribution < 1.29 is 9.32 Å². The van der Waals surface area contributed by atoms with Crippen LogP contribution in [0.2, 0.25) is 0 Å². The van der Waals surface area contributed by atoms with E-state index >= 15 is 0 Å². The van der Waals surface area contributed by atoms with Crippen LogP contribution in [0.1, 0.15) is 53.1 Å². The van der Waals surface area contributed by atoms with Gasteiger partial charge in [-0.1, -0.05) is 12.1 Å². The molecule has 0 fully saturated rings. The highest BCUT2D eigenvalue weighted by atomic mass is 16.5. The lowest BCUT2D eigenvalue weighted by atomic mass is 10.1. The van der Waals surface area contributed by atoms with Gasteiger partial charge in [-0.05, 0) is 27.2 Å². The lowest BCUT2D eigenvalue weighted by Crippen LogP contribution is -2.28. The summed E-state index contributed by atoms with van der Waals surface area (Å²) in [6.07, 6.45) is 0.700. The van der Waals surface area contributed by atoms with Crippen LogP contribution in [0.5, 0.6) is 0 Å². The standard InChI is InChI=1S/C13H19N5O2/c1-5-9-11(14)12(17-16-9)13(19)15-6(2)10-7(3)18-20-8(10)4/h6H,5,14H2,1-4H3,(H,15,19)(H,16,17). The van der Waals surface area contributed by atoms with Crippen molar-refractivity contribution in [3.63, 3.8) is 0 Å². The minimum atomic E-state index is -0.314. The molecule has 108 valence electrons. The summed E-state index contributed by atoms with van der Waals surface area (Å²) in [7, 11) is 0. The Bertz CT molecular complexity index is 609. The summed E-state index contributed by atoms with van der Waals surface area (Å²) in [4.78, 5) is 12.2. The molecule has 0 saturated carbocycles. The van der Waals surface area contributed by atoms with Gasteiger partial charge >= 0.3 is 0 Å². The molecule has 0 bridgehead atoms. The molecule has 0 aliphatic heterocycles. The van der Waals surface area contributed by atoms with E-state index in [1.165, 1.54) is 0 Å². The fourth-order valence-electron chi connectivity index (χ4n) is 2.27. The number of nitrogens with one attached hydrogen (secondary N) is 2. The monoisotopic (exact) mass is 277 g/mol. The highest BCUT2D eigenvalue weighted by Gasteiger charge is 2.22. The number of aryl methyl sites for hydroxylation is 3. The highest BCUT2D eigenvalue weighted by Crippen LogP contribution is 2.22. The Morgan fingerprint density at radius 2 is 2.20 bits per heavy atom. The van der Waals surface area contributed by atoms with Crippen molar-refractivity contribution in [2.45, 2.75) is 40.2 Å². The van der Waals surface area contributed by atoms with E-state index in [0.717, 1.165) is 17.0 Å². The summed E-state index contributed by atoms with van der Waals surface area (Å²) < 4.78 is 5.10. The molecular weight excluding hydrogens is 258 g/mol. The Morgan fingerprint density at radius 3 is 2.70 bits per heavy atom. The number of nitrogen functional groups attached to an aromatic ring is 1. The van der Waals surface area contributed by atoms with E-state index in [2.05, 4.69) is 20.7 Å². The van der Waals surface area contributed by atoms with Gasteiger partial charge in [0.25, 0.3) is 5.91 Å². The second-order valence-corrected chi connectivity index (χ2v) is 4.75. The Kier molecular flexibility index (Phi) is 3.78. The zero-order valence-corrected chi connectivity index (χ0v) is 12.1. The van der Waals surface area contributed by atoms with Crippen molar-refractivity contribution in [1.82, 2.24) is 20.7 Å². The average Bonchev–Trinajstić information content (AvgIpc) is 2.92. The number of carbonyl (C=O) groups is 1.